The van der Waals surface area contributed by atoms with E-state index in [-0.39, 0.29) is 35.6 Å². The smallest absolute Gasteiger partial charge is 0.234 e. The first-order valence-corrected chi connectivity index (χ1v) is 9.60. The summed E-state index contributed by atoms with van der Waals surface area (Å²) >= 11 is 0. The van der Waals surface area contributed by atoms with Crippen molar-refractivity contribution < 1.29 is 18.3 Å². The Balaban J connectivity index is 0.00000300. The van der Waals surface area contributed by atoms with Gasteiger partial charge in [-0.1, -0.05) is 0 Å². The van der Waals surface area contributed by atoms with Crippen molar-refractivity contribution in [1.82, 2.24) is 20.4 Å². The van der Waals surface area contributed by atoms with Crippen LogP contribution in [0.2, 0.25) is 0 Å². The Kier molecular flexibility index (Phi) is 9.34. The second-order valence-electron chi connectivity index (χ2n) is 7.00. The zero-order chi connectivity index (χ0) is 19.9. The summed E-state index contributed by atoms with van der Waals surface area (Å²) in [5.74, 6) is -0.669. The summed E-state index contributed by atoms with van der Waals surface area (Å²) < 4.78 is 31.5. The van der Waals surface area contributed by atoms with Crippen LogP contribution in [0.25, 0.3) is 0 Å². The van der Waals surface area contributed by atoms with Crippen molar-refractivity contribution in [3.63, 3.8) is 0 Å². The SMILES string of the molecule is CN=C(NCCOc1ccc(F)c(F)c1)N1CCN(CC(=O)NC2CC2)CC1.I. The van der Waals surface area contributed by atoms with Crippen molar-refractivity contribution in [2.75, 3.05) is 52.9 Å². The summed E-state index contributed by atoms with van der Waals surface area (Å²) in [6.45, 7) is 4.37. The molecule has 0 atom stereocenters. The number of piperazine rings is 1. The summed E-state index contributed by atoms with van der Waals surface area (Å²) in [4.78, 5) is 20.5. The maximum atomic E-state index is 13.2. The number of rotatable bonds is 7. The number of nitrogens with one attached hydrogen (secondary N) is 2. The maximum absolute atomic E-state index is 13.2. The lowest BCUT2D eigenvalue weighted by molar-refractivity contribution is -0.122. The molecule has 162 valence electrons. The molecule has 10 heteroatoms. The fourth-order valence-corrected chi connectivity index (χ4v) is 3.05. The van der Waals surface area contributed by atoms with E-state index in [9.17, 15) is 13.6 Å². The predicted molar refractivity (Wildman–Crippen MR) is 118 cm³/mol. The van der Waals surface area contributed by atoms with Crippen LogP contribution in [0.15, 0.2) is 23.2 Å². The normalized spacial score (nSPS) is 17.5. The molecule has 0 bridgehead atoms. The largest absolute Gasteiger partial charge is 0.492 e. The van der Waals surface area contributed by atoms with Gasteiger partial charge in [0, 0.05) is 45.3 Å². The first-order valence-electron chi connectivity index (χ1n) is 9.60. The Morgan fingerprint density at radius 1 is 1.21 bits per heavy atom. The van der Waals surface area contributed by atoms with E-state index < -0.39 is 11.6 Å². The molecule has 1 aromatic carbocycles. The lowest BCUT2D eigenvalue weighted by Crippen LogP contribution is -2.54. The van der Waals surface area contributed by atoms with E-state index in [4.69, 9.17) is 4.74 Å². The molecule has 3 rings (SSSR count). The highest BCUT2D eigenvalue weighted by molar-refractivity contribution is 14.0. The summed E-state index contributed by atoms with van der Waals surface area (Å²) in [5, 5.41) is 6.22. The van der Waals surface area contributed by atoms with Crippen molar-refractivity contribution in [2.24, 2.45) is 4.99 Å². The molecule has 2 N–H and O–H groups in total. The first kappa shape index (κ1) is 23.6. The Morgan fingerprint density at radius 3 is 2.55 bits per heavy atom. The molecule has 0 unspecified atom stereocenters. The molecule has 1 amide bonds. The summed E-state index contributed by atoms with van der Waals surface area (Å²) in [7, 11) is 1.72. The fourth-order valence-electron chi connectivity index (χ4n) is 3.05. The number of carbonyl (C=O) groups is 1. The molecule has 1 saturated heterocycles. The second-order valence-corrected chi connectivity index (χ2v) is 7.00. The van der Waals surface area contributed by atoms with Crippen LogP contribution in [0.5, 0.6) is 5.75 Å². The molecule has 2 aliphatic rings. The summed E-state index contributed by atoms with van der Waals surface area (Å²) in [6, 6.07) is 3.86. The highest BCUT2D eigenvalue weighted by atomic mass is 127. The zero-order valence-corrected chi connectivity index (χ0v) is 18.8. The average molecular weight is 523 g/mol. The van der Waals surface area contributed by atoms with Crippen LogP contribution in [-0.2, 0) is 4.79 Å². The number of amides is 1. The van der Waals surface area contributed by atoms with Gasteiger partial charge in [0.25, 0.3) is 0 Å². The van der Waals surface area contributed by atoms with Gasteiger partial charge in [0.15, 0.2) is 17.6 Å². The molecular weight excluding hydrogens is 495 g/mol. The van der Waals surface area contributed by atoms with Gasteiger partial charge in [-0.25, -0.2) is 8.78 Å². The lowest BCUT2D eigenvalue weighted by Gasteiger charge is -2.36. The quantitative estimate of drug-likeness (QED) is 0.245. The molecule has 0 radical (unpaired) electrons. The highest BCUT2D eigenvalue weighted by Crippen LogP contribution is 2.18. The van der Waals surface area contributed by atoms with Crippen LogP contribution in [0.4, 0.5) is 8.78 Å². The van der Waals surface area contributed by atoms with Crippen molar-refractivity contribution >= 4 is 35.8 Å². The van der Waals surface area contributed by atoms with Gasteiger partial charge in [0.05, 0.1) is 13.1 Å². The van der Waals surface area contributed by atoms with Gasteiger partial charge in [-0.15, -0.1) is 24.0 Å². The predicted octanol–water partition coefficient (Wildman–Crippen LogP) is 1.43. The van der Waals surface area contributed by atoms with Gasteiger partial charge in [0.1, 0.15) is 12.4 Å². The molecule has 29 heavy (non-hydrogen) atoms. The van der Waals surface area contributed by atoms with Crippen molar-refractivity contribution in [3.05, 3.63) is 29.8 Å². The molecule has 7 nitrogen and oxygen atoms in total. The molecule has 0 aromatic heterocycles. The van der Waals surface area contributed by atoms with E-state index in [0.29, 0.717) is 25.7 Å². The van der Waals surface area contributed by atoms with Gasteiger partial charge >= 0.3 is 0 Å². The third-order valence-electron chi connectivity index (χ3n) is 4.74. The molecule has 2 fully saturated rings. The Hall–Kier alpha value is -1.69. The molecule has 1 saturated carbocycles. The van der Waals surface area contributed by atoms with E-state index in [1.165, 1.54) is 6.07 Å². The number of nitrogens with zero attached hydrogens (tertiary/aromatic N) is 3. The number of aliphatic imine (C=N–C) groups is 1. The minimum Gasteiger partial charge on any atom is -0.492 e. The van der Waals surface area contributed by atoms with Crippen molar-refractivity contribution in [1.29, 1.82) is 0 Å². The molecule has 1 aromatic rings. The number of benzene rings is 1. The van der Waals surface area contributed by atoms with Gasteiger partial charge < -0.3 is 20.3 Å². The van der Waals surface area contributed by atoms with E-state index in [0.717, 1.165) is 57.1 Å². The molecular formula is C19H28F2IN5O2. The molecule has 1 aliphatic carbocycles. The Bertz CT molecular complexity index is 710. The van der Waals surface area contributed by atoms with Crippen molar-refractivity contribution in [3.8, 4) is 5.75 Å². The molecule has 1 aliphatic heterocycles. The Morgan fingerprint density at radius 2 is 1.93 bits per heavy atom. The van der Waals surface area contributed by atoms with Crippen LogP contribution in [0.1, 0.15) is 12.8 Å². The van der Waals surface area contributed by atoms with E-state index in [1.54, 1.807) is 7.05 Å². The standard InChI is InChI=1S/C19H27F2N5O2.HI/c1-22-19(23-6-11-28-15-4-5-16(20)17(21)12-15)26-9-7-25(8-10-26)13-18(27)24-14-2-3-14;/h4-5,12,14H,2-3,6-11,13H2,1H3,(H,22,23)(H,24,27);1H. The lowest BCUT2D eigenvalue weighted by atomic mass is 10.3. The van der Waals surface area contributed by atoms with E-state index in [1.807, 2.05) is 0 Å². The zero-order valence-electron chi connectivity index (χ0n) is 16.5. The fraction of sp³-hybridized carbons (Fsp3) is 0.579. The van der Waals surface area contributed by atoms with Crippen LogP contribution in [-0.4, -0.2) is 80.6 Å². The number of halogens is 3. The summed E-state index contributed by atoms with van der Waals surface area (Å²) in [6.07, 6.45) is 2.20. The first-order chi connectivity index (χ1) is 13.5. The minimum atomic E-state index is -0.926. The number of hydrogen-bond acceptors (Lipinski definition) is 4. The minimum absolute atomic E-state index is 0. The van der Waals surface area contributed by atoms with Gasteiger partial charge in [-0.2, -0.15) is 0 Å². The van der Waals surface area contributed by atoms with Crippen LogP contribution < -0.4 is 15.4 Å². The maximum Gasteiger partial charge on any atom is 0.234 e. The number of hydrogen-bond donors (Lipinski definition) is 2. The Labute approximate surface area is 186 Å². The van der Waals surface area contributed by atoms with Gasteiger partial charge in [-0.05, 0) is 25.0 Å². The highest BCUT2D eigenvalue weighted by Gasteiger charge is 2.25. The molecule has 0 spiro atoms. The number of ether oxygens (including phenoxy) is 1. The topological polar surface area (TPSA) is 69.2 Å². The third kappa shape index (κ3) is 7.57. The third-order valence-corrected chi connectivity index (χ3v) is 4.74. The van der Waals surface area contributed by atoms with E-state index >= 15 is 0 Å². The molecule has 1 heterocycles. The van der Waals surface area contributed by atoms with Crippen LogP contribution in [0, 0.1) is 11.6 Å². The van der Waals surface area contributed by atoms with Gasteiger partial charge in [-0.3, -0.25) is 14.7 Å². The second kappa shape index (κ2) is 11.5. The van der Waals surface area contributed by atoms with Gasteiger partial charge in [0.2, 0.25) is 5.91 Å². The monoisotopic (exact) mass is 523 g/mol. The van der Waals surface area contributed by atoms with E-state index in [2.05, 4.69) is 25.4 Å². The van der Waals surface area contributed by atoms with Crippen molar-refractivity contribution in [2.45, 2.75) is 18.9 Å². The number of carbonyl (C=O) groups excluding carboxylic acids is 1. The number of guanidine groups is 1. The van der Waals surface area contributed by atoms with Crippen LogP contribution >= 0.6 is 24.0 Å². The average Bonchev–Trinajstić information content (AvgIpc) is 3.49. The van der Waals surface area contributed by atoms with Crippen LogP contribution in [0.3, 0.4) is 0 Å². The summed E-state index contributed by atoms with van der Waals surface area (Å²) in [5.41, 5.74) is 0.